The summed E-state index contributed by atoms with van der Waals surface area (Å²) >= 11 is 0. The van der Waals surface area contributed by atoms with Crippen LogP contribution in [0.5, 0.6) is 5.75 Å². The first-order valence-electron chi connectivity index (χ1n) is 7.84. The largest absolute Gasteiger partial charge is 0.497 e. The van der Waals surface area contributed by atoms with E-state index in [0.717, 1.165) is 17.7 Å². The van der Waals surface area contributed by atoms with Crippen LogP contribution in [0, 0.1) is 5.41 Å². The lowest BCUT2D eigenvalue weighted by Gasteiger charge is -2.17. The third kappa shape index (κ3) is 2.10. The summed E-state index contributed by atoms with van der Waals surface area (Å²) in [5, 5.41) is 12.0. The monoisotopic (exact) mass is 322 g/mol. The van der Waals surface area contributed by atoms with E-state index < -0.39 is 0 Å². The molecule has 6 nitrogen and oxygen atoms in total. The highest BCUT2D eigenvalue weighted by Gasteiger charge is 2.66. The highest BCUT2D eigenvalue weighted by Crippen LogP contribution is 2.67. The van der Waals surface area contributed by atoms with Gasteiger partial charge in [0.15, 0.2) is 0 Å². The molecule has 0 radical (unpaired) electrons. The van der Waals surface area contributed by atoms with Crippen molar-refractivity contribution in [2.45, 2.75) is 25.7 Å². The van der Waals surface area contributed by atoms with Gasteiger partial charge >= 0.3 is 0 Å². The predicted octanol–water partition coefficient (Wildman–Crippen LogP) is 3.25. The molecule has 1 fully saturated rings. The summed E-state index contributed by atoms with van der Waals surface area (Å²) in [6.07, 6.45) is 2.57. The van der Waals surface area contributed by atoms with Crippen molar-refractivity contribution in [2.75, 3.05) is 7.11 Å². The lowest BCUT2D eigenvalue weighted by molar-refractivity contribution is 0.339. The van der Waals surface area contributed by atoms with Crippen molar-refractivity contribution in [1.29, 1.82) is 0 Å². The third-order valence-corrected chi connectivity index (χ3v) is 4.91. The molecule has 1 aliphatic rings. The van der Waals surface area contributed by atoms with E-state index in [9.17, 15) is 0 Å². The van der Waals surface area contributed by atoms with Crippen LogP contribution in [-0.4, -0.2) is 27.4 Å². The SMILES string of the molecule is COc1ccc(C2(c3nc(-c4cccnn4)no3)CC2(C)C)cc1. The third-order valence-electron chi connectivity index (χ3n) is 4.91. The van der Waals surface area contributed by atoms with E-state index in [1.807, 2.05) is 18.2 Å². The van der Waals surface area contributed by atoms with Crippen LogP contribution in [0.1, 0.15) is 31.7 Å². The number of nitrogens with zero attached hydrogens (tertiary/aromatic N) is 4. The molecule has 3 aromatic rings. The number of benzene rings is 1. The van der Waals surface area contributed by atoms with Crippen LogP contribution < -0.4 is 4.74 Å². The number of rotatable bonds is 4. The van der Waals surface area contributed by atoms with Gasteiger partial charge < -0.3 is 9.26 Å². The molecule has 1 aromatic carbocycles. The van der Waals surface area contributed by atoms with E-state index in [-0.39, 0.29) is 10.8 Å². The fraction of sp³-hybridized carbons (Fsp3) is 0.333. The molecule has 24 heavy (non-hydrogen) atoms. The minimum absolute atomic E-state index is 0.0494. The molecular weight excluding hydrogens is 304 g/mol. The normalized spacial score (nSPS) is 21.5. The Morgan fingerprint density at radius 3 is 2.46 bits per heavy atom. The Balaban J connectivity index is 1.76. The van der Waals surface area contributed by atoms with Crippen molar-refractivity contribution >= 4 is 0 Å². The first-order chi connectivity index (χ1) is 11.6. The van der Waals surface area contributed by atoms with Crippen molar-refractivity contribution in [3.05, 3.63) is 54.0 Å². The van der Waals surface area contributed by atoms with E-state index in [1.165, 1.54) is 0 Å². The Hall–Kier alpha value is -2.76. The molecule has 2 heterocycles. The zero-order valence-electron chi connectivity index (χ0n) is 13.9. The average Bonchev–Trinajstić information content (AvgIpc) is 2.98. The Morgan fingerprint density at radius 2 is 1.88 bits per heavy atom. The second-order valence-electron chi connectivity index (χ2n) is 6.73. The molecule has 6 heteroatoms. The molecule has 1 unspecified atom stereocenters. The minimum Gasteiger partial charge on any atom is -0.497 e. The zero-order valence-corrected chi connectivity index (χ0v) is 13.9. The van der Waals surface area contributed by atoms with Crippen molar-refractivity contribution < 1.29 is 9.26 Å². The summed E-state index contributed by atoms with van der Waals surface area (Å²) in [5.74, 6) is 1.92. The van der Waals surface area contributed by atoms with Gasteiger partial charge in [0, 0.05) is 6.20 Å². The average molecular weight is 322 g/mol. The smallest absolute Gasteiger partial charge is 0.238 e. The lowest BCUT2D eigenvalue weighted by Crippen LogP contribution is -2.16. The maximum atomic E-state index is 5.63. The molecule has 0 amide bonds. The van der Waals surface area contributed by atoms with Crippen molar-refractivity contribution in [1.82, 2.24) is 20.3 Å². The summed E-state index contributed by atoms with van der Waals surface area (Å²) in [7, 11) is 1.66. The summed E-state index contributed by atoms with van der Waals surface area (Å²) in [6.45, 7) is 4.42. The first kappa shape index (κ1) is 14.8. The van der Waals surface area contributed by atoms with Crippen LogP contribution in [-0.2, 0) is 5.41 Å². The van der Waals surface area contributed by atoms with Crippen LogP contribution in [0.2, 0.25) is 0 Å². The molecule has 0 saturated heterocycles. The molecule has 122 valence electrons. The van der Waals surface area contributed by atoms with E-state index in [4.69, 9.17) is 9.26 Å². The van der Waals surface area contributed by atoms with Crippen molar-refractivity contribution in [3.8, 4) is 17.3 Å². The molecular formula is C18H18N4O2. The Labute approximate surface area is 139 Å². The molecule has 2 aromatic heterocycles. The highest BCUT2D eigenvalue weighted by molar-refractivity contribution is 5.50. The number of hydrogen-bond donors (Lipinski definition) is 0. The second kappa shape index (κ2) is 5.12. The second-order valence-corrected chi connectivity index (χ2v) is 6.73. The van der Waals surface area contributed by atoms with Gasteiger partial charge in [0.25, 0.3) is 0 Å². The molecule has 1 atom stereocenters. The van der Waals surface area contributed by atoms with E-state index in [2.05, 4.69) is 46.3 Å². The first-order valence-corrected chi connectivity index (χ1v) is 7.84. The Morgan fingerprint density at radius 1 is 1.12 bits per heavy atom. The maximum absolute atomic E-state index is 5.63. The predicted molar refractivity (Wildman–Crippen MR) is 87.5 cm³/mol. The fourth-order valence-electron chi connectivity index (χ4n) is 3.40. The van der Waals surface area contributed by atoms with Crippen LogP contribution in [0.3, 0.4) is 0 Å². The van der Waals surface area contributed by atoms with Crippen molar-refractivity contribution in [3.63, 3.8) is 0 Å². The molecule has 0 N–H and O–H groups in total. The van der Waals surface area contributed by atoms with Gasteiger partial charge in [0.2, 0.25) is 11.7 Å². The number of ether oxygens (including phenoxy) is 1. The van der Waals surface area contributed by atoms with Gasteiger partial charge in [-0.25, -0.2) is 0 Å². The van der Waals surface area contributed by atoms with Gasteiger partial charge in [-0.1, -0.05) is 31.1 Å². The van der Waals surface area contributed by atoms with E-state index in [1.54, 1.807) is 19.4 Å². The standard InChI is InChI=1S/C18H18N4O2/c1-17(2)11-18(17,12-6-8-13(23-3)9-7-12)16-20-15(22-24-16)14-5-4-10-19-21-14/h4-10H,11H2,1-3H3. The molecule has 0 bridgehead atoms. The van der Waals surface area contributed by atoms with Gasteiger partial charge in [-0.15, -0.1) is 5.10 Å². The molecule has 1 aliphatic carbocycles. The lowest BCUT2D eigenvalue weighted by atomic mass is 9.87. The van der Waals surface area contributed by atoms with Gasteiger partial charge in [-0.3, -0.25) is 0 Å². The van der Waals surface area contributed by atoms with Crippen molar-refractivity contribution in [2.24, 2.45) is 5.41 Å². The molecule has 1 saturated carbocycles. The topological polar surface area (TPSA) is 73.9 Å². The van der Waals surface area contributed by atoms with Gasteiger partial charge in [-0.05, 0) is 41.7 Å². The quantitative estimate of drug-likeness (QED) is 0.734. The number of methoxy groups -OCH3 is 1. The van der Waals surface area contributed by atoms with E-state index in [0.29, 0.717) is 17.4 Å². The zero-order chi connectivity index (χ0) is 16.8. The molecule has 0 spiro atoms. The maximum Gasteiger partial charge on any atom is 0.238 e. The van der Waals surface area contributed by atoms with E-state index >= 15 is 0 Å². The van der Waals surface area contributed by atoms with Crippen LogP contribution in [0.25, 0.3) is 11.5 Å². The van der Waals surface area contributed by atoms with Gasteiger partial charge in [-0.2, -0.15) is 10.1 Å². The number of hydrogen-bond acceptors (Lipinski definition) is 6. The fourth-order valence-corrected chi connectivity index (χ4v) is 3.40. The summed E-state index contributed by atoms with van der Waals surface area (Å²) in [4.78, 5) is 4.62. The summed E-state index contributed by atoms with van der Waals surface area (Å²) < 4.78 is 10.9. The van der Waals surface area contributed by atoms with Gasteiger partial charge in [0.1, 0.15) is 11.4 Å². The van der Waals surface area contributed by atoms with Crippen LogP contribution >= 0.6 is 0 Å². The van der Waals surface area contributed by atoms with Crippen LogP contribution in [0.15, 0.2) is 47.1 Å². The van der Waals surface area contributed by atoms with Crippen LogP contribution in [0.4, 0.5) is 0 Å². The van der Waals surface area contributed by atoms with Gasteiger partial charge in [0.05, 0.1) is 12.5 Å². The minimum atomic E-state index is -0.271. The number of aromatic nitrogens is 4. The molecule has 0 aliphatic heterocycles. The summed E-state index contributed by atoms with van der Waals surface area (Å²) in [6, 6.07) is 11.7. The molecule has 4 rings (SSSR count). The summed E-state index contributed by atoms with van der Waals surface area (Å²) in [5.41, 5.74) is 1.54. The Bertz CT molecular complexity index is 858. The highest BCUT2D eigenvalue weighted by atomic mass is 16.5. The Kier molecular flexibility index (Phi) is 3.16.